The molecule has 1 atom stereocenters. The maximum Gasteiger partial charge on any atom is 0.0135 e. The molecule has 2 heteroatoms. The lowest BCUT2D eigenvalue weighted by atomic mass is 10.1. The third-order valence-corrected chi connectivity index (χ3v) is 5.05. The molecule has 15 heavy (non-hydrogen) atoms. The quantitative estimate of drug-likeness (QED) is 0.460. The molecule has 0 radical (unpaired) electrons. The van der Waals surface area contributed by atoms with E-state index in [0.29, 0.717) is 0 Å². The summed E-state index contributed by atoms with van der Waals surface area (Å²) in [6, 6.07) is 0. The second-order valence-corrected chi connectivity index (χ2v) is 6.53. The van der Waals surface area contributed by atoms with Crippen LogP contribution in [-0.2, 0) is 0 Å². The van der Waals surface area contributed by atoms with Crippen molar-refractivity contribution in [3.63, 3.8) is 0 Å². The Morgan fingerprint density at radius 3 is 2.20 bits per heavy atom. The van der Waals surface area contributed by atoms with Crippen molar-refractivity contribution in [3.8, 4) is 0 Å². The summed E-state index contributed by atoms with van der Waals surface area (Å²) in [4.78, 5) is 0. The van der Waals surface area contributed by atoms with Crippen molar-refractivity contribution in [2.24, 2.45) is 0 Å². The van der Waals surface area contributed by atoms with Crippen molar-refractivity contribution in [3.05, 3.63) is 0 Å². The van der Waals surface area contributed by atoms with Crippen LogP contribution in [0, 0.1) is 0 Å². The summed E-state index contributed by atoms with van der Waals surface area (Å²) >= 11 is 4.15. The van der Waals surface area contributed by atoms with E-state index in [1.165, 1.54) is 56.5 Å². The average molecular weight is 249 g/mol. The van der Waals surface area contributed by atoms with Crippen LogP contribution in [-0.4, -0.2) is 23.0 Å². The zero-order chi connectivity index (χ0) is 11.4. The van der Waals surface area contributed by atoms with E-state index in [9.17, 15) is 0 Å². The lowest BCUT2D eigenvalue weighted by Crippen LogP contribution is -2.05. The predicted octanol–water partition coefficient (Wildman–Crippen LogP) is 5.22. The number of rotatable bonds is 11. The van der Waals surface area contributed by atoms with E-state index in [-0.39, 0.29) is 0 Å². The highest BCUT2D eigenvalue weighted by Gasteiger charge is 2.05. The molecule has 0 rings (SSSR count). The van der Waals surface area contributed by atoms with Crippen LogP contribution in [0.4, 0.5) is 0 Å². The Hall–Kier alpha value is 0.700. The molecular weight excluding hydrogens is 220 g/mol. The molecule has 0 aliphatic carbocycles. The van der Waals surface area contributed by atoms with Gasteiger partial charge >= 0.3 is 0 Å². The third-order valence-electron chi connectivity index (χ3n) is 2.72. The molecule has 0 aliphatic rings. The van der Waals surface area contributed by atoms with Gasteiger partial charge in [-0.3, -0.25) is 0 Å². The number of hydrogen-bond donors (Lipinski definition) is 0. The number of hydrogen-bond acceptors (Lipinski definition) is 2. The maximum atomic E-state index is 2.28. The summed E-state index contributed by atoms with van der Waals surface area (Å²) in [6.07, 6.45) is 12.3. The summed E-state index contributed by atoms with van der Waals surface area (Å²) in [5, 5.41) is 0.904. The van der Waals surface area contributed by atoms with Gasteiger partial charge in [0.25, 0.3) is 0 Å². The summed E-state index contributed by atoms with van der Waals surface area (Å²) < 4.78 is 0. The van der Waals surface area contributed by atoms with Crippen LogP contribution >= 0.6 is 23.5 Å². The fourth-order valence-corrected chi connectivity index (χ4v) is 3.57. The van der Waals surface area contributed by atoms with Crippen molar-refractivity contribution in [2.75, 3.05) is 17.8 Å². The highest BCUT2D eigenvalue weighted by Crippen LogP contribution is 2.20. The zero-order valence-electron chi connectivity index (χ0n) is 10.8. The Balaban J connectivity index is 3.22. The van der Waals surface area contributed by atoms with Crippen molar-refractivity contribution >= 4 is 23.5 Å². The van der Waals surface area contributed by atoms with Crippen LogP contribution in [0.15, 0.2) is 0 Å². The van der Waals surface area contributed by atoms with E-state index >= 15 is 0 Å². The number of thioether (sulfide) groups is 2. The van der Waals surface area contributed by atoms with Gasteiger partial charge in [-0.2, -0.15) is 23.5 Å². The molecule has 0 nitrogen and oxygen atoms in total. The zero-order valence-corrected chi connectivity index (χ0v) is 12.4. The van der Waals surface area contributed by atoms with Gasteiger partial charge < -0.3 is 0 Å². The Bertz CT molecular complexity index is 115. The monoisotopic (exact) mass is 248 g/mol. The van der Waals surface area contributed by atoms with Crippen molar-refractivity contribution < 1.29 is 0 Å². The first kappa shape index (κ1) is 15.7. The van der Waals surface area contributed by atoms with Crippen LogP contribution in [0.2, 0.25) is 0 Å². The van der Waals surface area contributed by atoms with E-state index in [1.54, 1.807) is 0 Å². The van der Waals surface area contributed by atoms with Crippen LogP contribution in [0.1, 0.15) is 58.8 Å². The lowest BCUT2D eigenvalue weighted by molar-refractivity contribution is 0.590. The Labute approximate surface area is 105 Å². The van der Waals surface area contributed by atoms with Gasteiger partial charge in [-0.15, -0.1) is 0 Å². The molecule has 0 spiro atoms. The normalized spacial score (nSPS) is 13.0. The third kappa shape index (κ3) is 11.0. The van der Waals surface area contributed by atoms with Crippen LogP contribution < -0.4 is 0 Å². The largest absolute Gasteiger partial charge is 0.161 e. The fraction of sp³-hybridized carbons (Fsp3) is 1.00. The van der Waals surface area contributed by atoms with Gasteiger partial charge in [0.2, 0.25) is 0 Å². The lowest BCUT2D eigenvalue weighted by Gasteiger charge is -2.13. The first-order valence-corrected chi connectivity index (χ1v) is 8.89. The minimum absolute atomic E-state index is 0.904. The summed E-state index contributed by atoms with van der Waals surface area (Å²) in [6.45, 7) is 4.54. The average Bonchev–Trinajstić information content (AvgIpc) is 2.27. The van der Waals surface area contributed by atoms with E-state index in [2.05, 4.69) is 43.6 Å². The molecular formula is C13H28S2. The first-order valence-electron chi connectivity index (χ1n) is 6.45. The van der Waals surface area contributed by atoms with Crippen LogP contribution in [0.3, 0.4) is 0 Å². The van der Waals surface area contributed by atoms with Gasteiger partial charge in [-0.1, -0.05) is 52.4 Å². The van der Waals surface area contributed by atoms with Crippen molar-refractivity contribution in [2.45, 2.75) is 64.0 Å². The van der Waals surface area contributed by atoms with Gasteiger partial charge in [0.15, 0.2) is 0 Å². The van der Waals surface area contributed by atoms with Gasteiger partial charge in [0, 0.05) is 11.0 Å². The van der Waals surface area contributed by atoms with Gasteiger partial charge in [-0.05, 0) is 18.4 Å². The van der Waals surface area contributed by atoms with Crippen molar-refractivity contribution in [1.29, 1.82) is 0 Å². The SMILES string of the molecule is CCCCCCCCC(CSCC)SC. The summed E-state index contributed by atoms with van der Waals surface area (Å²) in [7, 11) is 0. The standard InChI is InChI=1S/C13H28S2/c1-4-6-7-8-9-10-11-13(14-3)12-15-5-2/h13H,4-12H2,1-3H3. The van der Waals surface area contributed by atoms with Crippen LogP contribution in [0.5, 0.6) is 0 Å². The highest BCUT2D eigenvalue weighted by molar-refractivity contribution is 8.03. The van der Waals surface area contributed by atoms with E-state index < -0.39 is 0 Å². The smallest absolute Gasteiger partial charge is 0.0135 e. The molecule has 0 amide bonds. The Morgan fingerprint density at radius 1 is 0.933 bits per heavy atom. The molecule has 0 aliphatic heterocycles. The van der Waals surface area contributed by atoms with Gasteiger partial charge in [-0.25, -0.2) is 0 Å². The fourth-order valence-electron chi connectivity index (χ4n) is 1.67. The minimum Gasteiger partial charge on any atom is -0.161 e. The molecule has 0 aromatic carbocycles. The molecule has 1 unspecified atom stereocenters. The van der Waals surface area contributed by atoms with E-state index in [4.69, 9.17) is 0 Å². The van der Waals surface area contributed by atoms with E-state index in [0.717, 1.165) is 5.25 Å². The molecule has 0 saturated heterocycles. The van der Waals surface area contributed by atoms with Gasteiger partial charge in [0.05, 0.1) is 0 Å². The van der Waals surface area contributed by atoms with Crippen LogP contribution in [0.25, 0.3) is 0 Å². The molecule has 92 valence electrons. The topological polar surface area (TPSA) is 0 Å². The second kappa shape index (κ2) is 12.8. The molecule has 0 aromatic rings. The Kier molecular flexibility index (Phi) is 13.4. The molecule has 0 heterocycles. The molecule has 0 fully saturated rings. The van der Waals surface area contributed by atoms with E-state index in [1.807, 2.05) is 0 Å². The highest BCUT2D eigenvalue weighted by atomic mass is 32.2. The minimum atomic E-state index is 0.904. The molecule has 0 bridgehead atoms. The Morgan fingerprint density at radius 2 is 1.60 bits per heavy atom. The molecule has 0 N–H and O–H groups in total. The number of unbranched alkanes of at least 4 members (excludes halogenated alkanes) is 5. The maximum absolute atomic E-state index is 2.28. The predicted molar refractivity (Wildman–Crippen MR) is 78.3 cm³/mol. The summed E-state index contributed by atoms with van der Waals surface area (Å²) in [5.41, 5.74) is 0. The summed E-state index contributed by atoms with van der Waals surface area (Å²) in [5.74, 6) is 2.63. The first-order chi connectivity index (χ1) is 7.35. The second-order valence-electron chi connectivity index (χ2n) is 4.07. The molecule has 0 aromatic heterocycles. The van der Waals surface area contributed by atoms with Gasteiger partial charge in [0.1, 0.15) is 0 Å². The molecule has 0 saturated carbocycles. The van der Waals surface area contributed by atoms with Crippen molar-refractivity contribution in [1.82, 2.24) is 0 Å².